The Balaban J connectivity index is 1.58. The van der Waals surface area contributed by atoms with Crippen LogP contribution in [-0.2, 0) is 0 Å². The van der Waals surface area contributed by atoms with Crippen LogP contribution in [0.1, 0.15) is 40.3 Å². The van der Waals surface area contributed by atoms with Crippen molar-refractivity contribution in [2.24, 2.45) is 0 Å². The molecular weight excluding hydrogens is 300 g/mol. The van der Waals surface area contributed by atoms with Gasteiger partial charge in [0.2, 0.25) is 0 Å². The second kappa shape index (κ2) is 6.99. The maximum absolute atomic E-state index is 12.4. The van der Waals surface area contributed by atoms with Gasteiger partial charge < -0.3 is 10.2 Å². The predicted molar refractivity (Wildman–Crippen MR) is 95.4 cm³/mol. The van der Waals surface area contributed by atoms with Crippen LogP contribution in [0.4, 0.5) is 5.69 Å². The molecule has 1 aliphatic rings. The number of aromatic nitrogens is 2. The van der Waals surface area contributed by atoms with Gasteiger partial charge in [-0.3, -0.25) is 4.79 Å². The van der Waals surface area contributed by atoms with Gasteiger partial charge in [0.25, 0.3) is 5.91 Å². The molecule has 1 N–H and O–H groups in total. The molecule has 1 aliphatic heterocycles. The number of benzene rings is 1. The molecule has 24 heavy (non-hydrogen) atoms. The summed E-state index contributed by atoms with van der Waals surface area (Å²) in [5.41, 5.74) is 3.85. The van der Waals surface area contributed by atoms with Crippen LogP contribution < -0.4 is 10.2 Å². The highest BCUT2D eigenvalue weighted by Gasteiger charge is 2.22. The van der Waals surface area contributed by atoms with E-state index < -0.39 is 0 Å². The normalized spacial score (nSPS) is 15.4. The van der Waals surface area contributed by atoms with Gasteiger partial charge in [0.1, 0.15) is 5.82 Å². The minimum Gasteiger partial charge on any atom is -0.371 e. The average Bonchev–Trinajstić information content (AvgIpc) is 2.55. The van der Waals surface area contributed by atoms with Crippen LogP contribution in [0, 0.1) is 20.8 Å². The molecule has 0 spiro atoms. The second-order valence-corrected chi connectivity index (χ2v) is 6.49. The molecule has 1 saturated heterocycles. The quantitative estimate of drug-likeness (QED) is 0.943. The lowest BCUT2D eigenvalue weighted by Gasteiger charge is -2.34. The number of aryl methyl sites for hydroxylation is 3. The van der Waals surface area contributed by atoms with Gasteiger partial charge in [-0.1, -0.05) is 12.1 Å². The number of nitrogens with zero attached hydrogens (tertiary/aromatic N) is 3. The van der Waals surface area contributed by atoms with Crippen molar-refractivity contribution < 1.29 is 4.79 Å². The van der Waals surface area contributed by atoms with Crippen molar-refractivity contribution in [3.05, 3.63) is 53.1 Å². The third kappa shape index (κ3) is 3.72. The molecule has 0 atom stereocenters. The van der Waals surface area contributed by atoms with E-state index in [1.807, 2.05) is 13.8 Å². The number of nitrogens with one attached hydrogen (secondary N) is 1. The predicted octanol–water partition coefficient (Wildman–Crippen LogP) is 2.80. The molecule has 0 aliphatic carbocycles. The van der Waals surface area contributed by atoms with E-state index in [4.69, 9.17) is 0 Å². The van der Waals surface area contributed by atoms with Crippen LogP contribution in [0.5, 0.6) is 0 Å². The fourth-order valence-electron chi connectivity index (χ4n) is 3.18. The van der Waals surface area contributed by atoms with Crippen molar-refractivity contribution in [2.45, 2.75) is 39.7 Å². The third-order valence-corrected chi connectivity index (χ3v) is 4.54. The summed E-state index contributed by atoms with van der Waals surface area (Å²) < 4.78 is 0. The number of rotatable bonds is 3. The van der Waals surface area contributed by atoms with E-state index in [1.54, 1.807) is 6.20 Å². The Kier molecular flexibility index (Phi) is 4.79. The highest BCUT2D eigenvalue weighted by Crippen LogP contribution is 2.21. The van der Waals surface area contributed by atoms with Crippen molar-refractivity contribution in [2.75, 3.05) is 18.0 Å². The van der Waals surface area contributed by atoms with E-state index in [1.165, 1.54) is 11.3 Å². The summed E-state index contributed by atoms with van der Waals surface area (Å²) in [6.45, 7) is 7.71. The van der Waals surface area contributed by atoms with E-state index in [9.17, 15) is 4.79 Å². The molecule has 0 unspecified atom stereocenters. The topological polar surface area (TPSA) is 58.1 Å². The van der Waals surface area contributed by atoms with Crippen molar-refractivity contribution in [3.8, 4) is 0 Å². The highest BCUT2D eigenvalue weighted by molar-refractivity contribution is 5.95. The van der Waals surface area contributed by atoms with Crippen molar-refractivity contribution in [1.29, 1.82) is 0 Å². The van der Waals surface area contributed by atoms with Gasteiger partial charge in [0, 0.05) is 31.0 Å². The molecule has 1 aromatic carbocycles. The number of anilines is 1. The van der Waals surface area contributed by atoms with Gasteiger partial charge in [0.05, 0.1) is 11.3 Å². The van der Waals surface area contributed by atoms with Crippen LogP contribution in [-0.4, -0.2) is 35.0 Å². The lowest BCUT2D eigenvalue weighted by Crippen LogP contribution is -2.45. The minimum absolute atomic E-state index is 0.0681. The van der Waals surface area contributed by atoms with Crippen molar-refractivity contribution in [1.82, 2.24) is 15.3 Å². The van der Waals surface area contributed by atoms with Crippen LogP contribution in [0.2, 0.25) is 0 Å². The summed E-state index contributed by atoms with van der Waals surface area (Å²) in [5, 5.41) is 3.13. The molecule has 5 heteroatoms. The lowest BCUT2D eigenvalue weighted by atomic mass is 10.0. The average molecular weight is 324 g/mol. The van der Waals surface area contributed by atoms with Crippen molar-refractivity contribution in [3.63, 3.8) is 0 Å². The number of hydrogen-bond acceptors (Lipinski definition) is 4. The van der Waals surface area contributed by atoms with E-state index in [2.05, 4.69) is 51.4 Å². The highest BCUT2D eigenvalue weighted by atomic mass is 16.1. The summed E-state index contributed by atoms with van der Waals surface area (Å²) in [6.07, 6.45) is 3.52. The summed E-state index contributed by atoms with van der Waals surface area (Å²) in [5.74, 6) is 0.622. The standard InChI is InChI=1S/C19H24N4O/c1-13-5-4-6-17(11-13)23-9-7-16(8-10-23)22-19(24)18-12-20-15(3)21-14(18)2/h4-6,11-12,16H,7-10H2,1-3H3,(H,22,24). The number of hydrogen-bond donors (Lipinski definition) is 1. The fourth-order valence-corrected chi connectivity index (χ4v) is 3.18. The summed E-state index contributed by atoms with van der Waals surface area (Å²) >= 11 is 0. The number of carbonyl (C=O) groups excluding carboxylic acids is 1. The zero-order valence-electron chi connectivity index (χ0n) is 14.5. The molecule has 5 nitrogen and oxygen atoms in total. The first-order valence-electron chi connectivity index (χ1n) is 8.45. The van der Waals surface area contributed by atoms with Crippen LogP contribution in [0.3, 0.4) is 0 Å². The van der Waals surface area contributed by atoms with Gasteiger partial charge in [-0.15, -0.1) is 0 Å². The first kappa shape index (κ1) is 16.4. The first-order chi connectivity index (χ1) is 11.5. The van der Waals surface area contributed by atoms with Crippen LogP contribution in [0.15, 0.2) is 30.5 Å². The Morgan fingerprint density at radius 3 is 2.62 bits per heavy atom. The summed E-state index contributed by atoms with van der Waals surface area (Å²) in [7, 11) is 0. The molecule has 2 aromatic rings. The second-order valence-electron chi connectivity index (χ2n) is 6.49. The van der Waals surface area contributed by atoms with Gasteiger partial charge in [0.15, 0.2) is 0 Å². The van der Waals surface area contributed by atoms with Crippen LogP contribution >= 0.6 is 0 Å². The maximum Gasteiger partial charge on any atom is 0.254 e. The van der Waals surface area contributed by atoms with Crippen LogP contribution in [0.25, 0.3) is 0 Å². The zero-order valence-corrected chi connectivity index (χ0v) is 14.5. The smallest absolute Gasteiger partial charge is 0.254 e. The Bertz CT molecular complexity index is 736. The van der Waals surface area contributed by atoms with Gasteiger partial charge in [-0.25, -0.2) is 9.97 Å². The van der Waals surface area contributed by atoms with Gasteiger partial charge >= 0.3 is 0 Å². The molecule has 1 aromatic heterocycles. The fraction of sp³-hybridized carbons (Fsp3) is 0.421. The summed E-state index contributed by atoms with van der Waals surface area (Å²) in [6, 6.07) is 8.78. The number of carbonyl (C=O) groups is 1. The zero-order chi connectivity index (χ0) is 17.1. The largest absolute Gasteiger partial charge is 0.371 e. The molecule has 0 bridgehead atoms. The van der Waals surface area contributed by atoms with E-state index >= 15 is 0 Å². The van der Waals surface area contributed by atoms with E-state index in [0.717, 1.165) is 31.6 Å². The summed E-state index contributed by atoms with van der Waals surface area (Å²) in [4.78, 5) is 23.2. The molecule has 3 rings (SSSR count). The SMILES string of the molecule is Cc1cccc(N2CCC(NC(=O)c3cnc(C)nc3C)CC2)c1. The third-order valence-electron chi connectivity index (χ3n) is 4.54. The molecule has 1 fully saturated rings. The molecular formula is C19H24N4O. The Morgan fingerprint density at radius 1 is 1.21 bits per heavy atom. The number of amides is 1. The molecule has 0 saturated carbocycles. The van der Waals surface area contributed by atoms with E-state index in [-0.39, 0.29) is 11.9 Å². The molecule has 2 heterocycles. The van der Waals surface area contributed by atoms with Gasteiger partial charge in [-0.05, 0) is 51.3 Å². The number of piperidine rings is 1. The van der Waals surface area contributed by atoms with E-state index in [0.29, 0.717) is 11.4 Å². The minimum atomic E-state index is -0.0681. The molecule has 0 radical (unpaired) electrons. The lowest BCUT2D eigenvalue weighted by molar-refractivity contribution is 0.0929. The van der Waals surface area contributed by atoms with Crippen molar-refractivity contribution >= 4 is 11.6 Å². The molecule has 1 amide bonds. The monoisotopic (exact) mass is 324 g/mol. The van der Waals surface area contributed by atoms with Gasteiger partial charge in [-0.2, -0.15) is 0 Å². The Hall–Kier alpha value is -2.43. The Morgan fingerprint density at radius 2 is 1.96 bits per heavy atom. The maximum atomic E-state index is 12.4. The first-order valence-corrected chi connectivity index (χ1v) is 8.45. The Labute approximate surface area is 143 Å². The molecule has 126 valence electrons.